The summed E-state index contributed by atoms with van der Waals surface area (Å²) in [6, 6.07) is 13.5. The van der Waals surface area contributed by atoms with Crippen molar-refractivity contribution in [3.05, 3.63) is 56.5 Å². The molecule has 0 N–H and O–H groups in total. The summed E-state index contributed by atoms with van der Waals surface area (Å²) in [5, 5.41) is 0.158. The molecule has 0 fully saturated rings. The van der Waals surface area contributed by atoms with E-state index < -0.39 is 8.07 Å². The van der Waals surface area contributed by atoms with E-state index >= 15 is 0 Å². The van der Waals surface area contributed by atoms with E-state index in [0.717, 1.165) is 0 Å². The van der Waals surface area contributed by atoms with Crippen molar-refractivity contribution in [2.75, 3.05) is 0 Å². The zero-order valence-corrected chi connectivity index (χ0v) is 16.4. The van der Waals surface area contributed by atoms with Crippen molar-refractivity contribution in [1.82, 2.24) is 0 Å². The van der Waals surface area contributed by atoms with Gasteiger partial charge in [-0.15, -0.1) is 0 Å². The normalized spacial score (nSPS) is 15.9. The third-order valence-electron chi connectivity index (χ3n) is 4.83. The smallest absolute Gasteiger partial charge is 0.0609 e. The molecule has 0 unspecified atom stereocenters. The van der Waals surface area contributed by atoms with Crippen LogP contribution in [0.2, 0.25) is 19.6 Å². The first kappa shape index (κ1) is 14.5. The third-order valence-corrected chi connectivity index (χ3v) is 9.36. The van der Waals surface area contributed by atoms with E-state index in [0.29, 0.717) is 0 Å². The van der Waals surface area contributed by atoms with Gasteiger partial charge in [0.25, 0.3) is 0 Å². The number of hydrogen-bond acceptors (Lipinski definition) is 0. The van der Waals surface area contributed by atoms with Gasteiger partial charge in [-0.2, -0.15) is 0 Å². The first-order valence-electron chi connectivity index (χ1n) is 6.85. The minimum atomic E-state index is -1.44. The van der Waals surface area contributed by atoms with Gasteiger partial charge in [-0.05, 0) is 46.5 Å². The van der Waals surface area contributed by atoms with E-state index in [1.54, 1.807) is 0 Å². The molecule has 1 aliphatic carbocycles. The summed E-state index contributed by atoms with van der Waals surface area (Å²) in [4.78, 5) is 0. The van der Waals surface area contributed by atoms with Gasteiger partial charge in [0.05, 0.1) is 8.07 Å². The van der Waals surface area contributed by atoms with Gasteiger partial charge in [0.1, 0.15) is 0 Å². The Balaban J connectivity index is 2.42. The van der Waals surface area contributed by atoms with E-state index in [9.17, 15) is 0 Å². The van der Waals surface area contributed by atoms with Crippen LogP contribution in [0.5, 0.6) is 0 Å². The molecule has 0 heterocycles. The maximum atomic E-state index is 3.65. The standard InChI is InChI=1S/C17H18Br2Si/c1-17(20(2,3)4)15-9-11(18)5-7-13(15)14-8-6-12(19)10-16(14)17/h5-10H,1-4H3. The summed E-state index contributed by atoms with van der Waals surface area (Å²) in [6.07, 6.45) is 0. The molecule has 0 saturated heterocycles. The lowest BCUT2D eigenvalue weighted by atomic mass is 9.98. The van der Waals surface area contributed by atoms with Crippen molar-refractivity contribution >= 4 is 39.9 Å². The molecule has 0 spiro atoms. The summed E-state index contributed by atoms with van der Waals surface area (Å²) >= 11 is 7.30. The van der Waals surface area contributed by atoms with Crippen LogP contribution < -0.4 is 0 Å². The average Bonchev–Trinajstić information content (AvgIpc) is 2.60. The summed E-state index contributed by atoms with van der Waals surface area (Å²) in [7, 11) is -1.44. The van der Waals surface area contributed by atoms with Crippen LogP contribution in [-0.4, -0.2) is 8.07 Å². The van der Waals surface area contributed by atoms with Crippen molar-refractivity contribution in [3.8, 4) is 11.1 Å². The number of hydrogen-bond donors (Lipinski definition) is 0. The van der Waals surface area contributed by atoms with Gasteiger partial charge >= 0.3 is 0 Å². The maximum Gasteiger partial charge on any atom is 0.0609 e. The molecule has 0 radical (unpaired) electrons. The predicted molar refractivity (Wildman–Crippen MR) is 97.1 cm³/mol. The molecule has 0 amide bonds. The molecule has 0 saturated carbocycles. The van der Waals surface area contributed by atoms with Crippen LogP contribution in [0.4, 0.5) is 0 Å². The molecule has 104 valence electrons. The summed E-state index contributed by atoms with van der Waals surface area (Å²) < 4.78 is 2.35. The van der Waals surface area contributed by atoms with Gasteiger partial charge in [-0.25, -0.2) is 0 Å². The fraction of sp³-hybridized carbons (Fsp3) is 0.294. The van der Waals surface area contributed by atoms with E-state index in [1.807, 2.05) is 0 Å². The molecule has 2 aromatic carbocycles. The molecule has 3 rings (SSSR count). The van der Waals surface area contributed by atoms with Crippen molar-refractivity contribution in [1.29, 1.82) is 0 Å². The largest absolute Gasteiger partial charge is 0.0686 e. The SMILES string of the molecule is CC1([Si](C)(C)C)c2cc(Br)ccc2-c2ccc(Br)cc21. The van der Waals surface area contributed by atoms with Crippen molar-refractivity contribution < 1.29 is 0 Å². The van der Waals surface area contributed by atoms with E-state index in [2.05, 4.69) is 94.8 Å². The second-order valence-corrected chi connectivity index (χ2v) is 14.1. The molecule has 3 heteroatoms. The highest BCUT2D eigenvalue weighted by Crippen LogP contribution is 2.54. The van der Waals surface area contributed by atoms with Crippen LogP contribution in [0.3, 0.4) is 0 Å². The quantitative estimate of drug-likeness (QED) is 0.479. The topological polar surface area (TPSA) is 0 Å². The summed E-state index contributed by atoms with van der Waals surface area (Å²) in [6.45, 7) is 9.83. The minimum Gasteiger partial charge on any atom is -0.0686 e. The zero-order chi connectivity index (χ0) is 14.7. The van der Waals surface area contributed by atoms with Gasteiger partial charge in [-0.1, -0.05) is 70.6 Å². The van der Waals surface area contributed by atoms with Gasteiger partial charge in [-0.3, -0.25) is 0 Å². The molecule has 0 aromatic heterocycles. The van der Waals surface area contributed by atoms with Crippen LogP contribution in [0.25, 0.3) is 11.1 Å². The molecule has 0 aliphatic heterocycles. The van der Waals surface area contributed by atoms with Crippen LogP contribution >= 0.6 is 31.9 Å². The Hall–Kier alpha value is -0.383. The maximum absolute atomic E-state index is 3.65. The molecule has 0 atom stereocenters. The Morgan fingerprint density at radius 3 is 1.55 bits per heavy atom. The van der Waals surface area contributed by atoms with Crippen molar-refractivity contribution in [2.45, 2.75) is 31.6 Å². The number of benzene rings is 2. The first-order valence-corrected chi connectivity index (χ1v) is 11.9. The highest BCUT2D eigenvalue weighted by molar-refractivity contribution is 9.10. The molecule has 2 aromatic rings. The Bertz CT molecular complexity index is 647. The molecule has 1 aliphatic rings. The number of rotatable bonds is 1. The number of fused-ring (bicyclic) bond motifs is 3. The highest BCUT2D eigenvalue weighted by Gasteiger charge is 2.48. The summed E-state index contributed by atoms with van der Waals surface area (Å²) in [5.41, 5.74) is 5.78. The molecule has 20 heavy (non-hydrogen) atoms. The molecular formula is C17H18Br2Si. The Morgan fingerprint density at radius 2 is 1.20 bits per heavy atom. The fourth-order valence-electron chi connectivity index (χ4n) is 3.28. The lowest BCUT2D eigenvalue weighted by Crippen LogP contribution is -2.46. The lowest BCUT2D eigenvalue weighted by Gasteiger charge is -2.39. The number of halogens is 2. The Morgan fingerprint density at radius 1 is 0.800 bits per heavy atom. The van der Waals surface area contributed by atoms with Crippen LogP contribution in [0.15, 0.2) is 45.3 Å². The van der Waals surface area contributed by atoms with Crippen LogP contribution in [0.1, 0.15) is 18.1 Å². The van der Waals surface area contributed by atoms with Gasteiger partial charge in [0.15, 0.2) is 0 Å². The van der Waals surface area contributed by atoms with E-state index in [-0.39, 0.29) is 5.04 Å². The zero-order valence-electron chi connectivity index (χ0n) is 12.2. The van der Waals surface area contributed by atoms with Gasteiger partial charge in [0, 0.05) is 14.0 Å². The van der Waals surface area contributed by atoms with Crippen molar-refractivity contribution in [2.24, 2.45) is 0 Å². The van der Waals surface area contributed by atoms with E-state index in [4.69, 9.17) is 0 Å². The third kappa shape index (κ3) is 1.90. The van der Waals surface area contributed by atoms with Crippen LogP contribution in [0, 0.1) is 0 Å². The molecular weight excluding hydrogens is 392 g/mol. The van der Waals surface area contributed by atoms with Gasteiger partial charge in [0.2, 0.25) is 0 Å². The fourth-order valence-corrected chi connectivity index (χ4v) is 6.03. The first-order chi connectivity index (χ1) is 9.25. The monoisotopic (exact) mass is 408 g/mol. The van der Waals surface area contributed by atoms with E-state index in [1.165, 1.54) is 31.2 Å². The van der Waals surface area contributed by atoms with Crippen LogP contribution in [-0.2, 0) is 5.04 Å². The highest BCUT2D eigenvalue weighted by atomic mass is 79.9. The second kappa shape index (κ2) is 4.55. The molecule has 0 bridgehead atoms. The minimum absolute atomic E-state index is 0.158. The Labute approximate surface area is 138 Å². The average molecular weight is 410 g/mol. The summed E-state index contributed by atoms with van der Waals surface area (Å²) in [5.74, 6) is 0. The second-order valence-electron chi connectivity index (χ2n) is 6.75. The predicted octanol–water partition coefficient (Wildman–Crippen LogP) is 6.38. The lowest BCUT2D eigenvalue weighted by molar-refractivity contribution is 0.798. The van der Waals surface area contributed by atoms with Crippen molar-refractivity contribution in [3.63, 3.8) is 0 Å². The van der Waals surface area contributed by atoms with Gasteiger partial charge < -0.3 is 0 Å². The Kier molecular flexibility index (Phi) is 3.31. The molecule has 0 nitrogen and oxygen atoms in total.